The van der Waals surface area contributed by atoms with Crippen LogP contribution >= 0.6 is 27.5 Å². The number of nitrogens with zero attached hydrogens (tertiary/aromatic N) is 1. The molecule has 0 aliphatic carbocycles. The second-order valence-corrected chi connectivity index (χ2v) is 6.30. The number of hydrogen-bond acceptors (Lipinski definition) is 3. The first-order valence-electron chi connectivity index (χ1n) is 7.10. The van der Waals surface area contributed by atoms with Gasteiger partial charge in [-0.25, -0.2) is 4.79 Å². The number of ether oxygens (including phenoxy) is 1. The van der Waals surface area contributed by atoms with Crippen LogP contribution in [0.5, 0.6) is 0 Å². The number of carbonyl (C=O) groups is 1. The van der Waals surface area contributed by atoms with Crippen molar-refractivity contribution in [1.82, 2.24) is 10.2 Å². The Morgan fingerprint density at radius 1 is 1.21 bits per heavy atom. The van der Waals surface area contributed by atoms with Gasteiger partial charge < -0.3 is 4.74 Å². The maximum Gasteiger partial charge on any atom is 0.413 e. The second kappa shape index (κ2) is 7.51. The van der Waals surface area contributed by atoms with E-state index in [0.717, 1.165) is 15.6 Å². The average molecular weight is 407 g/mol. The molecule has 0 fully saturated rings. The van der Waals surface area contributed by atoms with Gasteiger partial charge in [0.1, 0.15) is 6.61 Å². The molecule has 0 aliphatic heterocycles. The number of halogens is 2. The zero-order valence-electron chi connectivity index (χ0n) is 12.4. The van der Waals surface area contributed by atoms with Crippen LogP contribution in [0.4, 0.5) is 10.6 Å². The molecule has 0 aliphatic rings. The number of anilines is 1. The molecule has 7 heteroatoms. The van der Waals surface area contributed by atoms with Crippen molar-refractivity contribution in [2.75, 3.05) is 5.32 Å². The largest absolute Gasteiger partial charge is 0.444 e. The first-order valence-corrected chi connectivity index (χ1v) is 8.27. The molecule has 0 radical (unpaired) electrons. The van der Waals surface area contributed by atoms with Crippen molar-refractivity contribution < 1.29 is 9.53 Å². The first-order chi connectivity index (χ1) is 11.6. The van der Waals surface area contributed by atoms with Gasteiger partial charge >= 0.3 is 6.09 Å². The van der Waals surface area contributed by atoms with Gasteiger partial charge in [0, 0.05) is 16.1 Å². The van der Waals surface area contributed by atoms with Crippen molar-refractivity contribution in [3.63, 3.8) is 0 Å². The molecular formula is C17H13BrClN3O2. The number of hydrogen-bond donors (Lipinski definition) is 2. The molecule has 1 amide bonds. The van der Waals surface area contributed by atoms with Gasteiger partial charge in [0.05, 0.1) is 10.7 Å². The number of benzene rings is 2. The summed E-state index contributed by atoms with van der Waals surface area (Å²) in [6, 6.07) is 16.6. The topological polar surface area (TPSA) is 67.0 Å². The number of nitrogens with one attached hydrogen (secondary N) is 2. The predicted molar refractivity (Wildman–Crippen MR) is 97.0 cm³/mol. The van der Waals surface area contributed by atoms with Crippen LogP contribution < -0.4 is 5.32 Å². The standard InChI is InChI=1S/C17H13BrClN3O2/c18-12-6-7-14(19)13(8-12)15-9-16(22-21-15)20-17(23)24-10-11-4-2-1-3-5-11/h1-9H,10H2,(H2,20,21,22,23). The minimum Gasteiger partial charge on any atom is -0.444 e. The SMILES string of the molecule is O=C(Nc1cc(-c2cc(Br)ccc2Cl)[nH]n1)OCc1ccccc1. The summed E-state index contributed by atoms with van der Waals surface area (Å²) in [7, 11) is 0. The molecule has 2 N–H and O–H groups in total. The Morgan fingerprint density at radius 2 is 2.00 bits per heavy atom. The van der Waals surface area contributed by atoms with Crippen molar-refractivity contribution >= 4 is 39.4 Å². The Kier molecular flexibility index (Phi) is 5.17. The molecule has 0 atom stereocenters. The van der Waals surface area contributed by atoms with Gasteiger partial charge in [0.15, 0.2) is 5.82 Å². The first kappa shape index (κ1) is 16.5. The van der Waals surface area contributed by atoms with Crippen LogP contribution in [0.3, 0.4) is 0 Å². The van der Waals surface area contributed by atoms with Crippen LogP contribution in [0.15, 0.2) is 59.1 Å². The van der Waals surface area contributed by atoms with Gasteiger partial charge in [-0.15, -0.1) is 0 Å². The number of amides is 1. The molecule has 1 aromatic heterocycles. The molecule has 5 nitrogen and oxygen atoms in total. The summed E-state index contributed by atoms with van der Waals surface area (Å²) in [5.74, 6) is 0.360. The maximum atomic E-state index is 11.8. The van der Waals surface area contributed by atoms with E-state index in [9.17, 15) is 4.79 Å². The highest BCUT2D eigenvalue weighted by Gasteiger charge is 2.11. The second-order valence-electron chi connectivity index (χ2n) is 4.98. The Balaban J connectivity index is 1.63. The Bertz CT molecular complexity index is 852. The highest BCUT2D eigenvalue weighted by atomic mass is 79.9. The van der Waals surface area contributed by atoms with Gasteiger partial charge in [0.25, 0.3) is 0 Å². The Labute approximate surface area is 152 Å². The highest BCUT2D eigenvalue weighted by Crippen LogP contribution is 2.30. The van der Waals surface area contributed by atoms with E-state index in [-0.39, 0.29) is 6.61 Å². The van der Waals surface area contributed by atoms with Crippen molar-refractivity contribution in [2.45, 2.75) is 6.61 Å². The number of carbonyl (C=O) groups excluding carboxylic acids is 1. The van der Waals surface area contributed by atoms with Crippen molar-refractivity contribution in [3.8, 4) is 11.3 Å². The van der Waals surface area contributed by atoms with Crippen molar-refractivity contribution in [2.24, 2.45) is 0 Å². The average Bonchev–Trinajstić information content (AvgIpc) is 3.04. The fourth-order valence-electron chi connectivity index (χ4n) is 2.09. The molecule has 0 saturated carbocycles. The highest BCUT2D eigenvalue weighted by molar-refractivity contribution is 9.10. The van der Waals surface area contributed by atoms with E-state index in [1.54, 1.807) is 12.1 Å². The van der Waals surface area contributed by atoms with Crippen LogP contribution in [-0.2, 0) is 11.3 Å². The van der Waals surface area contributed by atoms with Crippen molar-refractivity contribution in [3.05, 3.63) is 69.7 Å². The maximum absolute atomic E-state index is 11.8. The minimum atomic E-state index is -0.572. The normalized spacial score (nSPS) is 10.4. The lowest BCUT2D eigenvalue weighted by Crippen LogP contribution is -2.13. The van der Waals surface area contributed by atoms with Crippen LogP contribution in [-0.4, -0.2) is 16.3 Å². The van der Waals surface area contributed by atoms with Gasteiger partial charge in [0.2, 0.25) is 0 Å². The molecule has 3 rings (SSSR count). The number of aromatic nitrogens is 2. The summed E-state index contributed by atoms with van der Waals surface area (Å²) in [5.41, 5.74) is 2.39. The van der Waals surface area contributed by atoms with E-state index in [1.807, 2.05) is 42.5 Å². The Hall–Kier alpha value is -2.31. The van der Waals surface area contributed by atoms with Crippen LogP contribution in [0.2, 0.25) is 5.02 Å². The summed E-state index contributed by atoms with van der Waals surface area (Å²) in [4.78, 5) is 11.8. The van der Waals surface area contributed by atoms with Gasteiger partial charge in [-0.2, -0.15) is 5.10 Å². The lowest BCUT2D eigenvalue weighted by Gasteiger charge is -2.04. The van der Waals surface area contributed by atoms with E-state index < -0.39 is 6.09 Å². The summed E-state index contributed by atoms with van der Waals surface area (Å²) >= 11 is 9.58. The van der Waals surface area contributed by atoms with Gasteiger partial charge in [-0.05, 0) is 23.8 Å². The third kappa shape index (κ3) is 4.15. The number of rotatable bonds is 4. The smallest absolute Gasteiger partial charge is 0.413 e. The zero-order chi connectivity index (χ0) is 16.9. The van der Waals surface area contributed by atoms with E-state index in [1.165, 1.54) is 0 Å². The van der Waals surface area contributed by atoms with E-state index >= 15 is 0 Å². The third-order valence-electron chi connectivity index (χ3n) is 3.24. The van der Waals surface area contributed by atoms with E-state index in [0.29, 0.717) is 16.5 Å². The lowest BCUT2D eigenvalue weighted by atomic mass is 10.1. The fourth-order valence-corrected chi connectivity index (χ4v) is 2.67. The fraction of sp³-hybridized carbons (Fsp3) is 0.0588. The van der Waals surface area contributed by atoms with Crippen molar-refractivity contribution in [1.29, 1.82) is 0 Å². The summed E-state index contributed by atoms with van der Waals surface area (Å²) < 4.78 is 6.05. The summed E-state index contributed by atoms with van der Waals surface area (Å²) in [6.45, 7) is 0.196. The summed E-state index contributed by atoms with van der Waals surface area (Å²) in [5, 5.41) is 10.1. The van der Waals surface area contributed by atoms with Gasteiger partial charge in [-0.1, -0.05) is 57.9 Å². The summed E-state index contributed by atoms with van der Waals surface area (Å²) in [6.07, 6.45) is -0.572. The Morgan fingerprint density at radius 3 is 2.79 bits per heavy atom. The molecule has 2 aromatic carbocycles. The number of H-pyrrole nitrogens is 1. The molecule has 1 heterocycles. The lowest BCUT2D eigenvalue weighted by molar-refractivity contribution is 0.155. The van der Waals surface area contributed by atoms with Crippen LogP contribution in [0.1, 0.15) is 5.56 Å². The molecule has 122 valence electrons. The van der Waals surface area contributed by atoms with Crippen LogP contribution in [0, 0.1) is 0 Å². The molecule has 0 spiro atoms. The van der Waals surface area contributed by atoms with Crippen LogP contribution in [0.25, 0.3) is 11.3 Å². The molecule has 0 bridgehead atoms. The monoisotopic (exact) mass is 405 g/mol. The third-order valence-corrected chi connectivity index (χ3v) is 4.06. The molecule has 0 unspecified atom stereocenters. The molecule has 3 aromatic rings. The molecular weight excluding hydrogens is 394 g/mol. The zero-order valence-corrected chi connectivity index (χ0v) is 14.8. The number of aromatic amines is 1. The van der Waals surface area contributed by atoms with E-state index in [2.05, 4.69) is 31.4 Å². The molecule has 24 heavy (non-hydrogen) atoms. The minimum absolute atomic E-state index is 0.196. The van der Waals surface area contributed by atoms with Gasteiger partial charge in [-0.3, -0.25) is 10.4 Å². The predicted octanol–water partition coefficient (Wildman–Crippen LogP) is 5.24. The molecule has 0 saturated heterocycles. The quantitative estimate of drug-likeness (QED) is 0.622. The van der Waals surface area contributed by atoms with E-state index in [4.69, 9.17) is 16.3 Å².